The second kappa shape index (κ2) is 6.40. The van der Waals surface area contributed by atoms with Crippen LogP contribution in [0.5, 0.6) is 0 Å². The van der Waals surface area contributed by atoms with Crippen LogP contribution in [0.15, 0.2) is 18.2 Å². The molecule has 0 aliphatic carbocycles. The number of nitrogen functional groups attached to an aromatic ring is 1. The van der Waals surface area contributed by atoms with Crippen molar-refractivity contribution in [3.8, 4) is 0 Å². The van der Waals surface area contributed by atoms with E-state index in [1.165, 1.54) is 0 Å². The Hall–Kier alpha value is -1.55. The lowest BCUT2D eigenvalue weighted by Crippen LogP contribution is -2.39. The first-order chi connectivity index (χ1) is 8.49. The Kier molecular flexibility index (Phi) is 5.16. The average Bonchev–Trinajstić information content (AvgIpc) is 2.32. The minimum Gasteiger partial charge on any atom is -0.398 e. The molecule has 1 amide bonds. The van der Waals surface area contributed by atoms with E-state index in [9.17, 15) is 4.79 Å². The van der Waals surface area contributed by atoms with Crippen LogP contribution in [0.25, 0.3) is 0 Å². The summed E-state index contributed by atoms with van der Waals surface area (Å²) < 4.78 is 5.04. The molecule has 4 heteroatoms. The summed E-state index contributed by atoms with van der Waals surface area (Å²) in [5.41, 5.74) is 7.99. The molecule has 0 spiro atoms. The second-order valence-electron chi connectivity index (χ2n) is 4.60. The Balaban J connectivity index is 2.98. The highest BCUT2D eigenvalue weighted by Crippen LogP contribution is 2.18. The summed E-state index contributed by atoms with van der Waals surface area (Å²) in [5, 5.41) is 0. The minimum atomic E-state index is 0.00634. The Labute approximate surface area is 109 Å². The standard InChI is InChI=1S/C14H22N2O2/c1-10(2)16(8-9-18-4)14(17)12-6-5-7-13(15)11(12)3/h5-7,10H,8-9,15H2,1-4H3. The Morgan fingerprint density at radius 2 is 2.11 bits per heavy atom. The fraction of sp³-hybridized carbons (Fsp3) is 0.500. The molecule has 2 N–H and O–H groups in total. The summed E-state index contributed by atoms with van der Waals surface area (Å²) >= 11 is 0. The van der Waals surface area contributed by atoms with Gasteiger partial charge in [-0.05, 0) is 38.5 Å². The summed E-state index contributed by atoms with van der Waals surface area (Å²) in [7, 11) is 1.63. The number of rotatable bonds is 5. The zero-order valence-electron chi connectivity index (χ0n) is 11.6. The number of carbonyl (C=O) groups excluding carboxylic acids is 1. The molecule has 0 saturated carbocycles. The van der Waals surface area contributed by atoms with Gasteiger partial charge in [-0.15, -0.1) is 0 Å². The molecule has 0 heterocycles. The second-order valence-corrected chi connectivity index (χ2v) is 4.60. The van der Waals surface area contributed by atoms with Gasteiger partial charge in [-0.3, -0.25) is 4.79 Å². The van der Waals surface area contributed by atoms with Gasteiger partial charge in [0.05, 0.1) is 6.61 Å². The van der Waals surface area contributed by atoms with Crippen molar-refractivity contribution in [1.82, 2.24) is 4.90 Å². The highest BCUT2D eigenvalue weighted by atomic mass is 16.5. The number of hydrogen-bond donors (Lipinski definition) is 1. The molecule has 1 aromatic rings. The topological polar surface area (TPSA) is 55.6 Å². The van der Waals surface area contributed by atoms with Crippen LogP contribution in [0.2, 0.25) is 0 Å². The van der Waals surface area contributed by atoms with E-state index in [1.54, 1.807) is 18.1 Å². The van der Waals surface area contributed by atoms with Gasteiger partial charge in [0.15, 0.2) is 0 Å². The maximum absolute atomic E-state index is 12.5. The molecule has 0 fully saturated rings. The summed E-state index contributed by atoms with van der Waals surface area (Å²) in [5.74, 6) is 0.00634. The normalized spacial score (nSPS) is 10.7. The predicted molar refractivity (Wildman–Crippen MR) is 73.6 cm³/mol. The van der Waals surface area contributed by atoms with Crippen molar-refractivity contribution >= 4 is 11.6 Å². The highest BCUT2D eigenvalue weighted by molar-refractivity contribution is 5.97. The number of amides is 1. The lowest BCUT2D eigenvalue weighted by Gasteiger charge is -2.27. The molecule has 0 atom stereocenters. The Morgan fingerprint density at radius 1 is 1.44 bits per heavy atom. The number of methoxy groups -OCH3 is 1. The summed E-state index contributed by atoms with van der Waals surface area (Å²) in [4.78, 5) is 14.3. The van der Waals surface area contributed by atoms with Gasteiger partial charge in [0.1, 0.15) is 0 Å². The fourth-order valence-corrected chi connectivity index (χ4v) is 1.82. The number of nitrogens with two attached hydrogens (primary N) is 1. The van der Waals surface area contributed by atoms with E-state index >= 15 is 0 Å². The van der Waals surface area contributed by atoms with Crippen molar-refractivity contribution in [2.24, 2.45) is 0 Å². The summed E-state index contributed by atoms with van der Waals surface area (Å²) in [6.07, 6.45) is 0. The number of hydrogen-bond acceptors (Lipinski definition) is 3. The average molecular weight is 250 g/mol. The van der Waals surface area contributed by atoms with E-state index in [0.717, 1.165) is 5.56 Å². The first-order valence-corrected chi connectivity index (χ1v) is 6.14. The van der Waals surface area contributed by atoms with E-state index in [4.69, 9.17) is 10.5 Å². The fourth-order valence-electron chi connectivity index (χ4n) is 1.82. The molecule has 0 aliphatic rings. The molecule has 0 unspecified atom stereocenters. The van der Waals surface area contributed by atoms with Crippen LogP contribution in [0.4, 0.5) is 5.69 Å². The molecule has 0 aliphatic heterocycles. The van der Waals surface area contributed by atoms with E-state index in [-0.39, 0.29) is 11.9 Å². The van der Waals surface area contributed by atoms with Gasteiger partial charge in [-0.2, -0.15) is 0 Å². The number of benzene rings is 1. The Bertz CT molecular complexity index is 416. The van der Waals surface area contributed by atoms with Gasteiger partial charge in [-0.1, -0.05) is 6.07 Å². The van der Waals surface area contributed by atoms with Crippen LogP contribution in [0.3, 0.4) is 0 Å². The molecule has 1 rings (SSSR count). The first kappa shape index (κ1) is 14.5. The van der Waals surface area contributed by atoms with Crippen LogP contribution in [0, 0.1) is 6.92 Å². The third-order valence-corrected chi connectivity index (χ3v) is 3.03. The van der Waals surface area contributed by atoms with Crippen molar-refractivity contribution in [3.05, 3.63) is 29.3 Å². The van der Waals surface area contributed by atoms with Gasteiger partial charge in [-0.25, -0.2) is 0 Å². The third kappa shape index (κ3) is 3.23. The largest absolute Gasteiger partial charge is 0.398 e. The maximum atomic E-state index is 12.5. The third-order valence-electron chi connectivity index (χ3n) is 3.03. The smallest absolute Gasteiger partial charge is 0.254 e. The van der Waals surface area contributed by atoms with Crippen LogP contribution < -0.4 is 5.73 Å². The number of anilines is 1. The maximum Gasteiger partial charge on any atom is 0.254 e. The van der Waals surface area contributed by atoms with Crippen molar-refractivity contribution < 1.29 is 9.53 Å². The zero-order chi connectivity index (χ0) is 13.7. The van der Waals surface area contributed by atoms with Crippen LogP contribution in [0.1, 0.15) is 29.8 Å². The molecular weight excluding hydrogens is 228 g/mol. The van der Waals surface area contributed by atoms with E-state index in [2.05, 4.69) is 0 Å². The molecule has 100 valence electrons. The molecule has 4 nitrogen and oxygen atoms in total. The molecule has 0 saturated heterocycles. The molecule has 1 aromatic carbocycles. The minimum absolute atomic E-state index is 0.00634. The van der Waals surface area contributed by atoms with E-state index in [0.29, 0.717) is 24.4 Å². The van der Waals surface area contributed by atoms with Gasteiger partial charge >= 0.3 is 0 Å². The molecule has 18 heavy (non-hydrogen) atoms. The van der Waals surface area contributed by atoms with E-state index < -0.39 is 0 Å². The molecule has 0 aromatic heterocycles. The van der Waals surface area contributed by atoms with Crippen molar-refractivity contribution in [2.75, 3.05) is 26.0 Å². The highest BCUT2D eigenvalue weighted by Gasteiger charge is 2.20. The molecule has 0 radical (unpaired) electrons. The van der Waals surface area contributed by atoms with Crippen molar-refractivity contribution in [3.63, 3.8) is 0 Å². The van der Waals surface area contributed by atoms with Gasteiger partial charge in [0, 0.05) is 30.9 Å². The van der Waals surface area contributed by atoms with Crippen LogP contribution in [-0.4, -0.2) is 37.1 Å². The van der Waals surface area contributed by atoms with Crippen LogP contribution in [-0.2, 0) is 4.74 Å². The zero-order valence-corrected chi connectivity index (χ0v) is 11.6. The van der Waals surface area contributed by atoms with Crippen LogP contribution >= 0.6 is 0 Å². The van der Waals surface area contributed by atoms with Gasteiger partial charge in [0.25, 0.3) is 5.91 Å². The van der Waals surface area contributed by atoms with Gasteiger partial charge in [0.2, 0.25) is 0 Å². The van der Waals surface area contributed by atoms with Gasteiger partial charge < -0.3 is 15.4 Å². The van der Waals surface area contributed by atoms with E-state index in [1.807, 2.05) is 32.9 Å². The Morgan fingerprint density at radius 3 is 2.67 bits per heavy atom. The lowest BCUT2D eigenvalue weighted by atomic mass is 10.1. The SMILES string of the molecule is COCCN(C(=O)c1cccc(N)c1C)C(C)C. The summed E-state index contributed by atoms with van der Waals surface area (Å²) in [6.45, 7) is 6.98. The first-order valence-electron chi connectivity index (χ1n) is 6.14. The van der Waals surface area contributed by atoms with Crippen molar-refractivity contribution in [1.29, 1.82) is 0 Å². The number of ether oxygens (including phenoxy) is 1. The van der Waals surface area contributed by atoms with Crippen molar-refractivity contribution in [2.45, 2.75) is 26.8 Å². The number of nitrogens with zero attached hydrogens (tertiary/aromatic N) is 1. The monoisotopic (exact) mass is 250 g/mol. The predicted octanol–water partition coefficient (Wildman–Crippen LogP) is 2.07. The summed E-state index contributed by atoms with van der Waals surface area (Å²) in [6, 6.07) is 5.56. The molecule has 0 bridgehead atoms. The number of carbonyl (C=O) groups is 1. The lowest BCUT2D eigenvalue weighted by molar-refractivity contribution is 0.0634. The molecular formula is C14H22N2O2. The quantitative estimate of drug-likeness (QED) is 0.814.